The number of pyridine rings is 1. The van der Waals surface area contributed by atoms with E-state index in [1.165, 1.54) is 36.4 Å². The second-order valence-electron chi connectivity index (χ2n) is 6.39. The molecule has 8 heteroatoms. The van der Waals surface area contributed by atoms with Crippen molar-refractivity contribution >= 4 is 33.4 Å². The SMILES string of the molecule is Cc1c(-c2ccccc2F)n(C(F)C(F)F)c2ccc3[nH]c(=O)cc(Cl)c3c12. The third-order valence-corrected chi connectivity index (χ3v) is 5.05. The zero-order valence-corrected chi connectivity index (χ0v) is 15.2. The molecule has 0 aliphatic carbocycles. The Balaban J connectivity index is 2.24. The summed E-state index contributed by atoms with van der Waals surface area (Å²) in [6.07, 6.45) is -6.01. The van der Waals surface area contributed by atoms with E-state index in [0.717, 1.165) is 10.6 Å². The van der Waals surface area contributed by atoms with E-state index >= 15 is 0 Å². The highest BCUT2D eigenvalue weighted by atomic mass is 35.5. The molecule has 144 valence electrons. The van der Waals surface area contributed by atoms with E-state index in [-0.39, 0.29) is 21.8 Å². The summed E-state index contributed by atoms with van der Waals surface area (Å²) in [5, 5.41) is 0.853. The number of fused-ring (bicyclic) bond motifs is 3. The topological polar surface area (TPSA) is 37.8 Å². The van der Waals surface area contributed by atoms with Crippen molar-refractivity contribution in [3.05, 3.63) is 69.2 Å². The first-order valence-corrected chi connectivity index (χ1v) is 8.72. The second-order valence-corrected chi connectivity index (χ2v) is 6.80. The van der Waals surface area contributed by atoms with Crippen molar-refractivity contribution in [2.24, 2.45) is 0 Å². The standard InChI is InChI=1S/C20H13ClF4N2O/c1-9-16-14(7-6-13-17(16)11(21)8-15(28)26-13)27(20(25)19(23)24)18(9)10-4-2-3-5-12(10)22/h2-8,19-20H,1H3,(H,26,28). The van der Waals surface area contributed by atoms with Crippen LogP contribution in [-0.4, -0.2) is 16.0 Å². The summed E-state index contributed by atoms with van der Waals surface area (Å²) in [7, 11) is 0. The van der Waals surface area contributed by atoms with Crippen LogP contribution in [0.2, 0.25) is 5.02 Å². The summed E-state index contributed by atoms with van der Waals surface area (Å²) >= 11 is 6.25. The first kappa shape index (κ1) is 18.6. The predicted octanol–water partition coefficient (Wildman–Crippen LogP) is 5.98. The van der Waals surface area contributed by atoms with Gasteiger partial charge < -0.3 is 9.55 Å². The molecule has 4 aromatic rings. The summed E-state index contributed by atoms with van der Waals surface area (Å²) in [6, 6.07) is 9.60. The lowest BCUT2D eigenvalue weighted by Crippen LogP contribution is -2.14. The van der Waals surface area contributed by atoms with Gasteiger partial charge in [-0.05, 0) is 36.8 Å². The van der Waals surface area contributed by atoms with E-state index in [2.05, 4.69) is 4.98 Å². The minimum atomic E-state index is -3.32. The summed E-state index contributed by atoms with van der Waals surface area (Å²) < 4.78 is 56.6. The molecule has 0 amide bonds. The minimum absolute atomic E-state index is 0.00401. The molecule has 0 radical (unpaired) electrons. The highest BCUT2D eigenvalue weighted by Crippen LogP contribution is 2.42. The Bertz CT molecular complexity index is 1280. The molecule has 0 aliphatic rings. The number of H-pyrrole nitrogens is 1. The van der Waals surface area contributed by atoms with Crippen LogP contribution < -0.4 is 5.56 Å². The largest absolute Gasteiger partial charge is 0.322 e. The maximum atomic E-state index is 14.6. The molecule has 0 bridgehead atoms. The molecule has 2 aromatic carbocycles. The van der Waals surface area contributed by atoms with Crippen LogP contribution in [0.15, 0.2) is 47.3 Å². The molecular weight excluding hydrogens is 396 g/mol. The van der Waals surface area contributed by atoms with Crippen LogP contribution in [0.1, 0.15) is 11.9 Å². The second kappa shape index (κ2) is 6.67. The Morgan fingerprint density at radius 1 is 1.07 bits per heavy atom. The van der Waals surface area contributed by atoms with Crippen LogP contribution >= 0.6 is 11.6 Å². The summed E-state index contributed by atoms with van der Waals surface area (Å²) in [4.78, 5) is 14.3. The molecule has 3 nitrogen and oxygen atoms in total. The Morgan fingerprint density at radius 2 is 1.79 bits per heavy atom. The number of hydrogen-bond donors (Lipinski definition) is 1. The molecule has 0 saturated heterocycles. The van der Waals surface area contributed by atoms with Gasteiger partial charge in [0.1, 0.15) is 5.82 Å². The van der Waals surface area contributed by atoms with Gasteiger partial charge in [-0.3, -0.25) is 4.79 Å². The molecule has 0 saturated carbocycles. The van der Waals surface area contributed by atoms with Crippen LogP contribution in [-0.2, 0) is 0 Å². The van der Waals surface area contributed by atoms with Crippen LogP contribution in [0.3, 0.4) is 0 Å². The highest BCUT2D eigenvalue weighted by molar-refractivity contribution is 6.37. The Labute approximate surface area is 161 Å². The molecule has 4 rings (SSSR count). The number of hydrogen-bond acceptors (Lipinski definition) is 1. The van der Waals surface area contributed by atoms with Crippen LogP contribution in [0, 0.1) is 12.7 Å². The van der Waals surface area contributed by atoms with Gasteiger partial charge in [-0.15, -0.1) is 0 Å². The van der Waals surface area contributed by atoms with Crippen molar-refractivity contribution in [3.8, 4) is 11.3 Å². The van der Waals surface area contributed by atoms with Gasteiger partial charge in [0.25, 0.3) is 6.43 Å². The van der Waals surface area contributed by atoms with Crippen LogP contribution in [0.5, 0.6) is 0 Å². The van der Waals surface area contributed by atoms with E-state index in [1.807, 2.05) is 0 Å². The molecule has 0 aliphatic heterocycles. The number of benzene rings is 2. The van der Waals surface area contributed by atoms with E-state index in [4.69, 9.17) is 11.6 Å². The van der Waals surface area contributed by atoms with E-state index in [1.54, 1.807) is 6.92 Å². The van der Waals surface area contributed by atoms with Gasteiger partial charge in [-0.25, -0.2) is 17.6 Å². The maximum Gasteiger partial charge on any atom is 0.288 e. The lowest BCUT2D eigenvalue weighted by molar-refractivity contribution is 0.0115. The highest BCUT2D eigenvalue weighted by Gasteiger charge is 2.30. The summed E-state index contributed by atoms with van der Waals surface area (Å²) in [5.74, 6) is -0.667. The van der Waals surface area contributed by atoms with Gasteiger partial charge in [0.05, 0.1) is 21.7 Å². The van der Waals surface area contributed by atoms with Crippen molar-refractivity contribution in [2.75, 3.05) is 0 Å². The van der Waals surface area contributed by atoms with Crippen molar-refractivity contribution in [1.29, 1.82) is 0 Å². The van der Waals surface area contributed by atoms with Crippen molar-refractivity contribution < 1.29 is 17.6 Å². The van der Waals surface area contributed by atoms with Gasteiger partial charge in [0.2, 0.25) is 11.9 Å². The maximum absolute atomic E-state index is 14.6. The molecule has 2 aromatic heterocycles. The van der Waals surface area contributed by atoms with E-state index in [9.17, 15) is 22.4 Å². The van der Waals surface area contributed by atoms with Crippen molar-refractivity contribution in [1.82, 2.24) is 9.55 Å². The zero-order valence-electron chi connectivity index (χ0n) is 14.4. The van der Waals surface area contributed by atoms with E-state index < -0.39 is 24.1 Å². The Hall–Kier alpha value is -2.80. The number of rotatable bonds is 3. The minimum Gasteiger partial charge on any atom is -0.322 e. The zero-order chi connectivity index (χ0) is 20.2. The van der Waals surface area contributed by atoms with Gasteiger partial charge >= 0.3 is 0 Å². The smallest absolute Gasteiger partial charge is 0.288 e. The monoisotopic (exact) mass is 408 g/mol. The fourth-order valence-electron chi connectivity index (χ4n) is 3.65. The lowest BCUT2D eigenvalue weighted by atomic mass is 10.0. The van der Waals surface area contributed by atoms with Gasteiger partial charge in [-0.2, -0.15) is 0 Å². The average Bonchev–Trinajstić information content (AvgIpc) is 2.93. The molecule has 0 spiro atoms. The number of nitrogens with zero attached hydrogens (tertiary/aromatic N) is 1. The molecule has 1 N–H and O–H groups in total. The average molecular weight is 409 g/mol. The number of aryl methyl sites for hydroxylation is 1. The Morgan fingerprint density at radius 3 is 2.46 bits per heavy atom. The van der Waals surface area contributed by atoms with Crippen LogP contribution in [0.4, 0.5) is 17.6 Å². The first-order valence-electron chi connectivity index (χ1n) is 8.34. The van der Waals surface area contributed by atoms with Crippen molar-refractivity contribution in [2.45, 2.75) is 19.6 Å². The van der Waals surface area contributed by atoms with Gasteiger partial charge in [0.15, 0.2) is 0 Å². The van der Waals surface area contributed by atoms with Crippen molar-refractivity contribution in [3.63, 3.8) is 0 Å². The summed E-state index contributed by atoms with van der Waals surface area (Å²) in [6.45, 7) is 1.58. The third kappa shape index (κ3) is 2.69. The molecular formula is C20H13ClF4N2O. The molecule has 2 heterocycles. The fourth-order valence-corrected chi connectivity index (χ4v) is 3.95. The molecule has 1 unspecified atom stereocenters. The predicted molar refractivity (Wildman–Crippen MR) is 101 cm³/mol. The quantitative estimate of drug-likeness (QED) is 0.416. The first-order chi connectivity index (χ1) is 13.3. The molecule has 1 atom stereocenters. The normalized spacial score (nSPS) is 13.0. The molecule has 0 fully saturated rings. The Kier molecular flexibility index (Phi) is 4.42. The number of aromatic nitrogens is 2. The van der Waals surface area contributed by atoms with Crippen LogP contribution in [0.25, 0.3) is 33.1 Å². The lowest BCUT2D eigenvalue weighted by Gasteiger charge is -2.16. The number of nitrogens with one attached hydrogen (secondary N) is 1. The molecule has 28 heavy (non-hydrogen) atoms. The third-order valence-electron chi connectivity index (χ3n) is 4.75. The fraction of sp³-hybridized carbons (Fsp3) is 0.150. The van der Waals surface area contributed by atoms with Gasteiger partial charge in [-0.1, -0.05) is 23.7 Å². The number of alkyl halides is 3. The van der Waals surface area contributed by atoms with Gasteiger partial charge in [0, 0.05) is 22.4 Å². The number of halogens is 5. The summed E-state index contributed by atoms with van der Waals surface area (Å²) in [5.41, 5.74) is 0.439. The van der Waals surface area contributed by atoms with E-state index in [0.29, 0.717) is 21.9 Å². The number of aromatic amines is 1.